The van der Waals surface area contributed by atoms with E-state index in [1.165, 1.54) is 0 Å². The molecule has 0 unspecified atom stereocenters. The van der Waals surface area contributed by atoms with Gasteiger partial charge in [0.15, 0.2) is 5.78 Å². The van der Waals surface area contributed by atoms with Gasteiger partial charge in [-0.1, -0.05) is 53.2 Å². The number of nitrogens with one attached hydrogen (secondary N) is 2. The first-order valence-corrected chi connectivity index (χ1v) is 10.8. The summed E-state index contributed by atoms with van der Waals surface area (Å²) in [7, 11) is 0. The minimum Gasteiger partial charge on any atom is -0.369 e. The Labute approximate surface area is 183 Å². The standard InChI is InChI=1S/C23H22BrN3O3/c1-2-14-12-16(24)8-9-18(14)26-19(28)13-17-20(21(29)15-6-4-3-5-7-15)22-25-10-11-27(22)23(17)30/h3-9,12,17,25H,2,10-11,13H2,1H3,(H,26,28)/t17-/m1/s1. The number of ketones is 1. The molecule has 0 saturated carbocycles. The van der Waals surface area contributed by atoms with Gasteiger partial charge in [0.25, 0.3) is 0 Å². The number of benzene rings is 2. The van der Waals surface area contributed by atoms with Crippen molar-refractivity contribution < 1.29 is 14.4 Å². The Morgan fingerprint density at radius 2 is 1.97 bits per heavy atom. The molecule has 2 N–H and O–H groups in total. The first-order valence-electron chi connectivity index (χ1n) is 9.97. The molecule has 2 aliphatic rings. The summed E-state index contributed by atoms with van der Waals surface area (Å²) in [4.78, 5) is 40.6. The van der Waals surface area contributed by atoms with E-state index in [1.54, 1.807) is 29.2 Å². The second kappa shape index (κ2) is 8.44. The lowest BCUT2D eigenvalue weighted by molar-refractivity contribution is -0.132. The Morgan fingerprint density at radius 3 is 2.70 bits per heavy atom. The maximum atomic E-state index is 13.2. The van der Waals surface area contributed by atoms with Crippen LogP contribution in [0.15, 0.2) is 64.4 Å². The quantitative estimate of drug-likeness (QED) is 0.637. The zero-order valence-electron chi connectivity index (χ0n) is 16.6. The van der Waals surface area contributed by atoms with E-state index in [4.69, 9.17) is 0 Å². The molecule has 0 spiro atoms. The number of Topliss-reactive ketones (excluding diaryl/α,β-unsaturated/α-hetero) is 1. The zero-order chi connectivity index (χ0) is 21.3. The van der Waals surface area contributed by atoms with Gasteiger partial charge < -0.3 is 10.6 Å². The summed E-state index contributed by atoms with van der Waals surface area (Å²) in [6.45, 7) is 3.12. The molecule has 154 valence electrons. The van der Waals surface area contributed by atoms with Gasteiger partial charge in [0, 0.05) is 35.2 Å². The third kappa shape index (κ3) is 3.77. The molecule has 0 radical (unpaired) electrons. The fourth-order valence-electron chi connectivity index (χ4n) is 3.99. The van der Waals surface area contributed by atoms with Crippen molar-refractivity contribution in [2.45, 2.75) is 19.8 Å². The number of rotatable bonds is 6. The monoisotopic (exact) mass is 467 g/mol. The number of halogens is 1. The van der Waals surface area contributed by atoms with Gasteiger partial charge in [-0.2, -0.15) is 0 Å². The van der Waals surface area contributed by atoms with Crippen LogP contribution in [0, 0.1) is 5.92 Å². The summed E-state index contributed by atoms with van der Waals surface area (Å²) in [5, 5.41) is 6.07. The van der Waals surface area contributed by atoms with Gasteiger partial charge in [-0.05, 0) is 30.2 Å². The summed E-state index contributed by atoms with van der Waals surface area (Å²) in [6, 6.07) is 14.5. The van der Waals surface area contributed by atoms with E-state index < -0.39 is 5.92 Å². The molecule has 2 aromatic carbocycles. The van der Waals surface area contributed by atoms with Crippen LogP contribution >= 0.6 is 15.9 Å². The average Bonchev–Trinajstić information content (AvgIpc) is 3.32. The Kier molecular flexibility index (Phi) is 5.72. The van der Waals surface area contributed by atoms with Gasteiger partial charge in [-0.25, -0.2) is 0 Å². The van der Waals surface area contributed by atoms with Crippen molar-refractivity contribution in [2.24, 2.45) is 5.92 Å². The van der Waals surface area contributed by atoms with Gasteiger partial charge in [-0.3, -0.25) is 19.3 Å². The molecule has 1 saturated heterocycles. The van der Waals surface area contributed by atoms with Crippen LogP contribution in [0.5, 0.6) is 0 Å². The Balaban J connectivity index is 1.59. The number of hydrogen-bond acceptors (Lipinski definition) is 4. The predicted molar refractivity (Wildman–Crippen MR) is 118 cm³/mol. The van der Waals surface area contributed by atoms with E-state index in [-0.39, 0.29) is 24.0 Å². The maximum Gasteiger partial charge on any atom is 0.236 e. The van der Waals surface area contributed by atoms with E-state index in [0.717, 1.165) is 22.1 Å². The second-order valence-electron chi connectivity index (χ2n) is 7.33. The predicted octanol–water partition coefficient (Wildman–Crippen LogP) is 3.50. The third-order valence-corrected chi connectivity index (χ3v) is 5.95. The Bertz CT molecular complexity index is 1050. The molecule has 30 heavy (non-hydrogen) atoms. The normalized spacial score (nSPS) is 17.7. The molecule has 2 aliphatic heterocycles. The number of carbonyl (C=O) groups is 3. The van der Waals surface area contributed by atoms with Crippen molar-refractivity contribution in [1.82, 2.24) is 10.2 Å². The van der Waals surface area contributed by atoms with Crippen molar-refractivity contribution in [3.63, 3.8) is 0 Å². The minimum atomic E-state index is -0.791. The van der Waals surface area contributed by atoms with E-state index in [1.807, 2.05) is 31.2 Å². The Morgan fingerprint density at radius 1 is 1.20 bits per heavy atom. The van der Waals surface area contributed by atoms with Crippen LogP contribution in [0.4, 0.5) is 5.69 Å². The molecule has 6 nitrogen and oxygen atoms in total. The molecule has 1 atom stereocenters. The van der Waals surface area contributed by atoms with Crippen molar-refractivity contribution in [2.75, 3.05) is 18.4 Å². The van der Waals surface area contributed by atoms with Crippen LogP contribution in [0.1, 0.15) is 29.3 Å². The molecular formula is C23H22BrN3O3. The maximum absolute atomic E-state index is 13.2. The van der Waals surface area contributed by atoms with Crippen LogP contribution < -0.4 is 10.6 Å². The first kappa shape index (κ1) is 20.3. The van der Waals surface area contributed by atoms with Crippen LogP contribution in [-0.4, -0.2) is 35.6 Å². The highest BCUT2D eigenvalue weighted by Gasteiger charge is 2.45. The highest BCUT2D eigenvalue weighted by molar-refractivity contribution is 9.10. The number of fused-ring (bicyclic) bond motifs is 1. The van der Waals surface area contributed by atoms with E-state index in [2.05, 4.69) is 26.6 Å². The second-order valence-corrected chi connectivity index (χ2v) is 8.25. The molecule has 0 aromatic heterocycles. The van der Waals surface area contributed by atoms with Gasteiger partial charge in [-0.15, -0.1) is 0 Å². The molecule has 4 rings (SSSR count). The van der Waals surface area contributed by atoms with Crippen molar-refractivity contribution >= 4 is 39.2 Å². The number of anilines is 1. The molecule has 2 heterocycles. The first-order chi connectivity index (χ1) is 14.5. The number of aryl methyl sites for hydroxylation is 1. The highest BCUT2D eigenvalue weighted by atomic mass is 79.9. The molecule has 0 bridgehead atoms. The fraction of sp³-hybridized carbons (Fsp3) is 0.261. The van der Waals surface area contributed by atoms with Crippen LogP contribution in [0.2, 0.25) is 0 Å². The summed E-state index contributed by atoms with van der Waals surface area (Å²) in [6.07, 6.45) is 0.685. The van der Waals surface area contributed by atoms with Gasteiger partial charge in [0.05, 0.1) is 11.5 Å². The van der Waals surface area contributed by atoms with Crippen LogP contribution in [0.3, 0.4) is 0 Å². The van der Waals surface area contributed by atoms with Gasteiger partial charge in [0.2, 0.25) is 11.8 Å². The third-order valence-electron chi connectivity index (χ3n) is 5.46. The topological polar surface area (TPSA) is 78.5 Å². The number of carbonyl (C=O) groups excluding carboxylic acids is 3. The minimum absolute atomic E-state index is 0.0758. The lowest BCUT2D eigenvalue weighted by Crippen LogP contribution is -2.30. The average molecular weight is 468 g/mol. The largest absolute Gasteiger partial charge is 0.369 e. The number of amides is 2. The summed E-state index contributed by atoms with van der Waals surface area (Å²) in [5.74, 6) is -0.946. The SMILES string of the molecule is CCc1cc(Br)ccc1NC(=O)C[C@H]1C(=O)N2CCNC2=C1C(=O)c1ccccc1. The van der Waals surface area contributed by atoms with Crippen molar-refractivity contribution in [3.8, 4) is 0 Å². The molecule has 2 aromatic rings. The molecule has 7 heteroatoms. The summed E-state index contributed by atoms with van der Waals surface area (Å²) < 4.78 is 0.940. The fourth-order valence-corrected chi connectivity index (χ4v) is 4.40. The van der Waals surface area contributed by atoms with Gasteiger partial charge >= 0.3 is 0 Å². The van der Waals surface area contributed by atoms with E-state index in [9.17, 15) is 14.4 Å². The van der Waals surface area contributed by atoms with Crippen LogP contribution in [-0.2, 0) is 16.0 Å². The molecular weight excluding hydrogens is 446 g/mol. The Hall–Kier alpha value is -2.93. The lowest BCUT2D eigenvalue weighted by Gasteiger charge is -2.15. The van der Waals surface area contributed by atoms with E-state index >= 15 is 0 Å². The molecule has 0 aliphatic carbocycles. The van der Waals surface area contributed by atoms with Crippen LogP contribution in [0.25, 0.3) is 0 Å². The summed E-state index contributed by atoms with van der Waals surface area (Å²) in [5.41, 5.74) is 2.61. The number of hydrogen-bond donors (Lipinski definition) is 2. The van der Waals surface area contributed by atoms with Crippen molar-refractivity contribution in [3.05, 3.63) is 75.5 Å². The molecule has 2 amide bonds. The smallest absolute Gasteiger partial charge is 0.236 e. The lowest BCUT2D eigenvalue weighted by atomic mass is 9.90. The van der Waals surface area contributed by atoms with Gasteiger partial charge in [0.1, 0.15) is 5.82 Å². The summed E-state index contributed by atoms with van der Waals surface area (Å²) >= 11 is 3.44. The highest BCUT2D eigenvalue weighted by Crippen LogP contribution is 2.35. The zero-order valence-corrected chi connectivity index (χ0v) is 18.2. The van der Waals surface area contributed by atoms with Crippen molar-refractivity contribution in [1.29, 1.82) is 0 Å². The van der Waals surface area contributed by atoms with E-state index in [0.29, 0.717) is 30.0 Å². The number of nitrogens with zero attached hydrogens (tertiary/aromatic N) is 1. The molecule has 1 fully saturated rings.